The molecule has 150 valence electrons. The molecule has 0 bridgehead atoms. The topological polar surface area (TPSA) is 77.7 Å². The van der Waals surface area contributed by atoms with Crippen LogP contribution in [0.15, 0.2) is 53.1 Å². The zero-order valence-corrected chi connectivity index (χ0v) is 16.5. The van der Waals surface area contributed by atoms with Crippen molar-refractivity contribution in [2.45, 2.75) is 25.3 Å². The lowest BCUT2D eigenvalue weighted by atomic mass is 10.1. The monoisotopic (exact) mass is 393 g/mol. The first-order valence-electron chi connectivity index (χ1n) is 9.59. The van der Waals surface area contributed by atoms with Gasteiger partial charge in [0.05, 0.1) is 20.6 Å². The van der Waals surface area contributed by atoms with Crippen LogP contribution in [0.25, 0.3) is 11.4 Å². The predicted octanol–water partition coefficient (Wildman–Crippen LogP) is 3.66. The number of aromatic nitrogens is 2. The minimum Gasteiger partial charge on any atom is -0.493 e. The molecule has 0 aliphatic carbocycles. The van der Waals surface area contributed by atoms with Gasteiger partial charge in [-0.2, -0.15) is 4.98 Å². The summed E-state index contributed by atoms with van der Waals surface area (Å²) in [6.45, 7) is 0.699. The van der Waals surface area contributed by atoms with Gasteiger partial charge in [-0.3, -0.25) is 4.79 Å². The molecule has 1 aliphatic rings. The quantitative estimate of drug-likeness (QED) is 0.636. The molecule has 29 heavy (non-hydrogen) atoms. The normalized spacial score (nSPS) is 16.1. The maximum Gasteiger partial charge on any atom is 0.249 e. The van der Waals surface area contributed by atoms with Crippen molar-refractivity contribution in [3.63, 3.8) is 0 Å². The lowest BCUT2D eigenvalue weighted by Gasteiger charge is -2.21. The minimum absolute atomic E-state index is 0.0737. The molecule has 1 unspecified atom stereocenters. The molecule has 1 saturated heterocycles. The first-order valence-corrected chi connectivity index (χ1v) is 9.59. The molecule has 3 aromatic rings. The van der Waals surface area contributed by atoms with Crippen LogP contribution in [0.3, 0.4) is 0 Å². The van der Waals surface area contributed by atoms with E-state index in [4.69, 9.17) is 14.0 Å². The Morgan fingerprint density at radius 2 is 1.93 bits per heavy atom. The second-order valence-corrected chi connectivity index (χ2v) is 6.93. The molecule has 1 amide bonds. The molecule has 1 fully saturated rings. The van der Waals surface area contributed by atoms with Gasteiger partial charge in [-0.05, 0) is 36.6 Å². The number of ether oxygens (including phenoxy) is 2. The standard InChI is InChI=1S/C22H23N3O4/c1-27-18-11-10-16(14-19(18)28-2)21-23-22(29-24-21)17-9-6-12-25(17)20(26)13-15-7-4-3-5-8-15/h3-5,7-8,10-11,14,17H,6,9,12-13H2,1-2H3. The third-order valence-corrected chi connectivity index (χ3v) is 5.14. The Morgan fingerprint density at radius 1 is 1.14 bits per heavy atom. The van der Waals surface area contributed by atoms with Gasteiger partial charge in [0.25, 0.3) is 0 Å². The van der Waals surface area contributed by atoms with E-state index in [1.807, 2.05) is 41.3 Å². The predicted molar refractivity (Wildman–Crippen MR) is 107 cm³/mol. The van der Waals surface area contributed by atoms with Crippen molar-refractivity contribution in [2.24, 2.45) is 0 Å². The molecule has 0 saturated carbocycles. The number of carbonyl (C=O) groups is 1. The largest absolute Gasteiger partial charge is 0.493 e. The average molecular weight is 393 g/mol. The summed E-state index contributed by atoms with van der Waals surface area (Å²) in [6.07, 6.45) is 2.10. The van der Waals surface area contributed by atoms with Gasteiger partial charge in [-0.1, -0.05) is 35.5 Å². The van der Waals surface area contributed by atoms with Crippen LogP contribution in [0.2, 0.25) is 0 Å². The Kier molecular flexibility index (Phi) is 5.46. The highest BCUT2D eigenvalue weighted by atomic mass is 16.5. The maximum atomic E-state index is 12.8. The first-order chi connectivity index (χ1) is 14.2. The highest BCUT2D eigenvalue weighted by Crippen LogP contribution is 2.34. The van der Waals surface area contributed by atoms with Crippen molar-refractivity contribution in [1.82, 2.24) is 15.0 Å². The van der Waals surface area contributed by atoms with Crippen LogP contribution in [-0.4, -0.2) is 41.7 Å². The van der Waals surface area contributed by atoms with Crippen molar-refractivity contribution in [2.75, 3.05) is 20.8 Å². The fourth-order valence-electron chi connectivity index (χ4n) is 3.66. The zero-order valence-electron chi connectivity index (χ0n) is 16.5. The summed E-state index contributed by atoms with van der Waals surface area (Å²) in [5, 5.41) is 4.12. The Balaban J connectivity index is 1.53. The molecule has 7 nitrogen and oxygen atoms in total. The number of carbonyl (C=O) groups excluding carboxylic acids is 1. The van der Waals surface area contributed by atoms with Gasteiger partial charge in [-0.15, -0.1) is 0 Å². The number of benzene rings is 2. The van der Waals surface area contributed by atoms with Crippen molar-refractivity contribution >= 4 is 5.91 Å². The number of hydrogen-bond donors (Lipinski definition) is 0. The van der Waals surface area contributed by atoms with E-state index < -0.39 is 0 Å². The zero-order chi connectivity index (χ0) is 20.2. The molecule has 1 aromatic heterocycles. The molecule has 7 heteroatoms. The lowest BCUT2D eigenvalue weighted by Crippen LogP contribution is -2.32. The van der Waals surface area contributed by atoms with Gasteiger partial charge in [0.1, 0.15) is 6.04 Å². The lowest BCUT2D eigenvalue weighted by molar-refractivity contribution is -0.131. The molecule has 2 heterocycles. The van der Waals surface area contributed by atoms with Crippen LogP contribution in [0, 0.1) is 0 Å². The van der Waals surface area contributed by atoms with Gasteiger partial charge in [0.15, 0.2) is 11.5 Å². The van der Waals surface area contributed by atoms with E-state index in [9.17, 15) is 4.79 Å². The van der Waals surface area contributed by atoms with Crippen LogP contribution in [0.4, 0.5) is 0 Å². The first kappa shape index (κ1) is 19.0. The summed E-state index contributed by atoms with van der Waals surface area (Å²) in [5.74, 6) is 2.23. The van der Waals surface area contributed by atoms with E-state index >= 15 is 0 Å². The molecule has 0 radical (unpaired) electrons. The van der Waals surface area contributed by atoms with Crippen LogP contribution >= 0.6 is 0 Å². The number of methoxy groups -OCH3 is 2. The van der Waals surface area contributed by atoms with E-state index in [0.717, 1.165) is 24.0 Å². The Hall–Kier alpha value is -3.35. The van der Waals surface area contributed by atoms with E-state index in [-0.39, 0.29) is 11.9 Å². The summed E-state index contributed by atoms with van der Waals surface area (Å²) in [6, 6.07) is 15.0. The van der Waals surface area contributed by atoms with Crippen LogP contribution in [-0.2, 0) is 11.2 Å². The molecule has 0 N–H and O–H groups in total. The number of amides is 1. The highest BCUT2D eigenvalue weighted by molar-refractivity contribution is 5.79. The second kappa shape index (κ2) is 8.34. The van der Waals surface area contributed by atoms with E-state index in [1.54, 1.807) is 26.4 Å². The fourth-order valence-corrected chi connectivity index (χ4v) is 3.66. The molecule has 0 spiro atoms. The van der Waals surface area contributed by atoms with Crippen LogP contribution in [0.5, 0.6) is 11.5 Å². The van der Waals surface area contributed by atoms with Crippen molar-refractivity contribution in [3.8, 4) is 22.9 Å². The Morgan fingerprint density at radius 3 is 2.69 bits per heavy atom. The van der Waals surface area contributed by atoms with Gasteiger partial charge in [0.2, 0.25) is 17.6 Å². The second-order valence-electron chi connectivity index (χ2n) is 6.93. The number of rotatable bonds is 6. The van der Waals surface area contributed by atoms with Gasteiger partial charge in [0, 0.05) is 12.1 Å². The molecule has 1 atom stereocenters. The van der Waals surface area contributed by atoms with Gasteiger partial charge >= 0.3 is 0 Å². The summed E-state index contributed by atoms with van der Waals surface area (Å²) in [7, 11) is 3.17. The summed E-state index contributed by atoms with van der Waals surface area (Å²) in [4.78, 5) is 19.2. The molecule has 2 aromatic carbocycles. The number of hydrogen-bond acceptors (Lipinski definition) is 6. The summed E-state index contributed by atoms with van der Waals surface area (Å²) in [5.41, 5.74) is 1.76. The Labute approximate surface area is 169 Å². The summed E-state index contributed by atoms with van der Waals surface area (Å²) < 4.78 is 16.2. The van der Waals surface area contributed by atoms with Crippen molar-refractivity contribution < 1.29 is 18.8 Å². The maximum absolute atomic E-state index is 12.8. The summed E-state index contributed by atoms with van der Waals surface area (Å²) >= 11 is 0. The van der Waals surface area contributed by atoms with Gasteiger partial charge < -0.3 is 18.9 Å². The van der Waals surface area contributed by atoms with E-state index in [0.29, 0.717) is 36.2 Å². The molecule has 1 aliphatic heterocycles. The number of likely N-dealkylation sites (tertiary alicyclic amines) is 1. The van der Waals surface area contributed by atoms with E-state index in [1.165, 1.54) is 0 Å². The highest BCUT2D eigenvalue weighted by Gasteiger charge is 2.34. The van der Waals surface area contributed by atoms with E-state index in [2.05, 4.69) is 10.1 Å². The van der Waals surface area contributed by atoms with Gasteiger partial charge in [-0.25, -0.2) is 0 Å². The molecular formula is C22H23N3O4. The molecule has 4 rings (SSSR count). The smallest absolute Gasteiger partial charge is 0.249 e. The molecular weight excluding hydrogens is 370 g/mol. The SMILES string of the molecule is COc1ccc(-c2noc(C3CCCN3C(=O)Cc3ccccc3)n2)cc1OC. The fraction of sp³-hybridized carbons (Fsp3) is 0.318. The van der Waals surface area contributed by atoms with Crippen molar-refractivity contribution in [1.29, 1.82) is 0 Å². The average Bonchev–Trinajstić information content (AvgIpc) is 3.43. The Bertz CT molecular complexity index is 987. The third-order valence-electron chi connectivity index (χ3n) is 5.14. The van der Waals surface area contributed by atoms with Crippen molar-refractivity contribution in [3.05, 3.63) is 60.0 Å². The van der Waals surface area contributed by atoms with Crippen LogP contribution < -0.4 is 9.47 Å². The number of nitrogens with zero attached hydrogens (tertiary/aromatic N) is 3. The van der Waals surface area contributed by atoms with Crippen LogP contribution in [0.1, 0.15) is 30.3 Å². The third kappa shape index (κ3) is 3.94. The minimum atomic E-state index is -0.187.